The fraction of sp³-hybridized carbons (Fsp3) is 0.0833. The van der Waals surface area contributed by atoms with E-state index in [1.54, 1.807) is 0 Å². The second kappa shape index (κ2) is 5.46. The summed E-state index contributed by atoms with van der Waals surface area (Å²) < 4.78 is 37.6. The third kappa shape index (κ3) is 3.45. The number of alkyl halides is 3. The molecule has 2 aromatic rings. The largest absolute Gasteiger partial charge is 0.416 e. The highest BCUT2D eigenvalue weighted by atomic mass is 35.5. The van der Waals surface area contributed by atoms with E-state index in [4.69, 9.17) is 11.6 Å². The van der Waals surface area contributed by atoms with Gasteiger partial charge in [0.1, 0.15) is 5.82 Å². The van der Waals surface area contributed by atoms with E-state index in [1.807, 2.05) is 0 Å². The number of nitrogens with one attached hydrogen (secondary N) is 1. The van der Waals surface area contributed by atoms with Gasteiger partial charge in [0.15, 0.2) is 0 Å². The molecule has 0 saturated carbocycles. The number of amides is 1. The van der Waals surface area contributed by atoms with Crippen LogP contribution >= 0.6 is 11.6 Å². The number of hydrogen-bond donors (Lipinski definition) is 1. The Bertz CT molecular complexity index is 646. The van der Waals surface area contributed by atoms with Gasteiger partial charge in [0.2, 0.25) is 5.28 Å². The van der Waals surface area contributed by atoms with E-state index >= 15 is 0 Å². The first kappa shape index (κ1) is 14.3. The molecule has 2 rings (SSSR count). The molecule has 20 heavy (non-hydrogen) atoms. The van der Waals surface area contributed by atoms with Crippen LogP contribution in [0.4, 0.5) is 19.0 Å². The Hall–Kier alpha value is -2.15. The highest BCUT2D eigenvalue weighted by molar-refractivity contribution is 6.28. The summed E-state index contributed by atoms with van der Waals surface area (Å²) in [6.07, 6.45) is -3.19. The van der Waals surface area contributed by atoms with Crippen molar-refractivity contribution < 1.29 is 18.0 Å². The number of rotatable bonds is 2. The van der Waals surface area contributed by atoms with Crippen LogP contribution in [0.2, 0.25) is 5.28 Å². The van der Waals surface area contributed by atoms with Crippen molar-refractivity contribution in [2.45, 2.75) is 6.18 Å². The number of halogens is 4. The first-order valence-electron chi connectivity index (χ1n) is 5.33. The lowest BCUT2D eigenvalue weighted by molar-refractivity contribution is -0.137. The number of nitrogens with zero attached hydrogens (tertiary/aromatic N) is 2. The van der Waals surface area contributed by atoms with Crippen molar-refractivity contribution >= 4 is 23.3 Å². The lowest BCUT2D eigenvalue weighted by atomic mass is 10.1. The Kier molecular flexibility index (Phi) is 3.89. The quantitative estimate of drug-likeness (QED) is 0.865. The van der Waals surface area contributed by atoms with Gasteiger partial charge in [-0.1, -0.05) is 6.07 Å². The number of carbonyl (C=O) groups excluding carboxylic acids is 1. The number of aromatic nitrogens is 2. The smallest absolute Gasteiger partial charge is 0.306 e. The Balaban J connectivity index is 2.22. The monoisotopic (exact) mass is 301 g/mol. The molecule has 0 aliphatic heterocycles. The van der Waals surface area contributed by atoms with Gasteiger partial charge in [-0.15, -0.1) is 0 Å². The van der Waals surface area contributed by atoms with E-state index in [2.05, 4.69) is 15.3 Å². The SMILES string of the molecule is O=C(Nc1ccnc(Cl)n1)c1cccc(C(F)(F)F)c1. The van der Waals surface area contributed by atoms with E-state index in [9.17, 15) is 18.0 Å². The third-order valence-electron chi connectivity index (χ3n) is 2.32. The second-order valence-electron chi connectivity index (χ2n) is 3.74. The van der Waals surface area contributed by atoms with Gasteiger partial charge in [-0.2, -0.15) is 13.2 Å². The van der Waals surface area contributed by atoms with Crippen LogP contribution in [0, 0.1) is 0 Å². The van der Waals surface area contributed by atoms with Gasteiger partial charge in [-0.05, 0) is 35.9 Å². The van der Waals surface area contributed by atoms with Crippen LogP contribution in [0.15, 0.2) is 36.5 Å². The summed E-state index contributed by atoms with van der Waals surface area (Å²) in [6.45, 7) is 0. The maximum atomic E-state index is 12.5. The van der Waals surface area contributed by atoms with Crippen molar-refractivity contribution in [2.75, 3.05) is 5.32 Å². The maximum absolute atomic E-state index is 12.5. The topological polar surface area (TPSA) is 54.9 Å². The Labute approximate surface area is 116 Å². The molecule has 0 fully saturated rings. The van der Waals surface area contributed by atoms with E-state index < -0.39 is 17.6 Å². The van der Waals surface area contributed by atoms with Crippen molar-refractivity contribution in [3.8, 4) is 0 Å². The Morgan fingerprint density at radius 2 is 2.00 bits per heavy atom. The number of benzene rings is 1. The molecule has 1 amide bonds. The molecule has 4 nitrogen and oxygen atoms in total. The Morgan fingerprint density at radius 1 is 1.25 bits per heavy atom. The summed E-state index contributed by atoms with van der Waals surface area (Å²) in [5.41, 5.74) is -1.03. The fourth-order valence-corrected chi connectivity index (χ4v) is 1.58. The van der Waals surface area contributed by atoms with Crippen LogP contribution < -0.4 is 5.32 Å². The third-order valence-corrected chi connectivity index (χ3v) is 2.50. The minimum absolute atomic E-state index is 0.0770. The highest BCUT2D eigenvalue weighted by Crippen LogP contribution is 2.29. The molecule has 0 spiro atoms. The molecule has 0 saturated heterocycles. The molecular formula is C12H7ClF3N3O. The zero-order valence-corrected chi connectivity index (χ0v) is 10.5. The van der Waals surface area contributed by atoms with Gasteiger partial charge in [0.05, 0.1) is 5.56 Å². The van der Waals surface area contributed by atoms with Gasteiger partial charge >= 0.3 is 6.18 Å². The second-order valence-corrected chi connectivity index (χ2v) is 4.08. The molecule has 0 unspecified atom stereocenters. The molecule has 1 aromatic carbocycles. The van der Waals surface area contributed by atoms with E-state index in [0.717, 1.165) is 18.2 Å². The first-order chi connectivity index (χ1) is 9.36. The number of carbonyl (C=O) groups is 1. The van der Waals surface area contributed by atoms with Gasteiger partial charge in [-0.3, -0.25) is 4.79 Å². The van der Waals surface area contributed by atoms with Crippen molar-refractivity contribution in [1.29, 1.82) is 0 Å². The van der Waals surface area contributed by atoms with Crippen molar-refractivity contribution in [2.24, 2.45) is 0 Å². The lowest BCUT2D eigenvalue weighted by Gasteiger charge is -2.08. The van der Waals surface area contributed by atoms with Crippen molar-refractivity contribution in [3.05, 3.63) is 52.9 Å². The zero-order valence-electron chi connectivity index (χ0n) is 9.78. The molecule has 0 radical (unpaired) electrons. The molecule has 1 N–H and O–H groups in total. The molecule has 1 aromatic heterocycles. The van der Waals surface area contributed by atoms with Gasteiger partial charge < -0.3 is 5.32 Å². The average Bonchev–Trinajstić information content (AvgIpc) is 2.38. The molecule has 0 atom stereocenters. The van der Waals surface area contributed by atoms with Crippen LogP contribution in [0.1, 0.15) is 15.9 Å². The average molecular weight is 302 g/mol. The predicted molar refractivity (Wildman–Crippen MR) is 66.4 cm³/mol. The molecule has 0 aliphatic rings. The molecule has 104 valence electrons. The summed E-state index contributed by atoms with van der Waals surface area (Å²) in [5.74, 6) is -0.613. The van der Waals surface area contributed by atoms with Gasteiger partial charge in [0, 0.05) is 11.8 Å². The standard InChI is InChI=1S/C12H7ClF3N3O/c13-11-17-5-4-9(19-11)18-10(20)7-2-1-3-8(6-7)12(14,15)16/h1-6H,(H,17,18,19,20). The maximum Gasteiger partial charge on any atom is 0.416 e. The molecule has 8 heteroatoms. The minimum Gasteiger partial charge on any atom is -0.306 e. The van der Waals surface area contributed by atoms with Crippen LogP contribution in [0.25, 0.3) is 0 Å². The number of anilines is 1. The summed E-state index contributed by atoms with van der Waals surface area (Å²) in [6, 6.07) is 5.45. The van der Waals surface area contributed by atoms with Crippen LogP contribution in [0.5, 0.6) is 0 Å². The van der Waals surface area contributed by atoms with Crippen LogP contribution in [-0.4, -0.2) is 15.9 Å². The fourth-order valence-electron chi connectivity index (χ4n) is 1.43. The summed E-state index contributed by atoms with van der Waals surface area (Å²) in [4.78, 5) is 19.2. The minimum atomic E-state index is -4.51. The highest BCUT2D eigenvalue weighted by Gasteiger charge is 2.30. The van der Waals surface area contributed by atoms with Crippen molar-refractivity contribution in [1.82, 2.24) is 9.97 Å². The lowest BCUT2D eigenvalue weighted by Crippen LogP contribution is -2.14. The van der Waals surface area contributed by atoms with E-state index in [1.165, 1.54) is 18.3 Å². The predicted octanol–water partition coefficient (Wildman–Crippen LogP) is 3.40. The van der Waals surface area contributed by atoms with Gasteiger partial charge in [0.25, 0.3) is 5.91 Å². The normalized spacial score (nSPS) is 11.2. The zero-order chi connectivity index (χ0) is 14.8. The molecule has 0 bridgehead atoms. The number of hydrogen-bond acceptors (Lipinski definition) is 3. The van der Waals surface area contributed by atoms with Gasteiger partial charge in [-0.25, -0.2) is 9.97 Å². The summed E-state index contributed by atoms with van der Waals surface area (Å²) in [7, 11) is 0. The Morgan fingerprint density at radius 3 is 2.65 bits per heavy atom. The first-order valence-corrected chi connectivity index (χ1v) is 5.71. The van der Waals surface area contributed by atoms with E-state index in [-0.39, 0.29) is 16.7 Å². The van der Waals surface area contributed by atoms with Crippen LogP contribution in [-0.2, 0) is 6.18 Å². The molecular weight excluding hydrogens is 295 g/mol. The van der Waals surface area contributed by atoms with Crippen LogP contribution in [0.3, 0.4) is 0 Å². The summed E-state index contributed by atoms with van der Waals surface area (Å²) in [5, 5.41) is 2.26. The molecule has 0 aliphatic carbocycles. The summed E-state index contributed by atoms with van der Waals surface area (Å²) >= 11 is 5.54. The van der Waals surface area contributed by atoms with E-state index in [0.29, 0.717) is 0 Å². The van der Waals surface area contributed by atoms with Crippen molar-refractivity contribution in [3.63, 3.8) is 0 Å². The molecule has 1 heterocycles.